The van der Waals surface area contributed by atoms with Gasteiger partial charge in [0, 0.05) is 34.7 Å². The molecule has 6 nitrogen and oxygen atoms in total. The van der Waals surface area contributed by atoms with E-state index < -0.39 is 23.8 Å². The summed E-state index contributed by atoms with van der Waals surface area (Å²) in [5.74, 6) is 0.728. The van der Waals surface area contributed by atoms with Gasteiger partial charge in [0.2, 0.25) is 0 Å². The molecule has 0 radical (unpaired) electrons. The van der Waals surface area contributed by atoms with Crippen LogP contribution in [0, 0.1) is 0 Å². The molecule has 1 amide bonds. The molecule has 0 spiro atoms. The molecule has 7 heteroatoms. The third-order valence-corrected chi connectivity index (χ3v) is 6.38. The Morgan fingerprint density at radius 2 is 1.73 bits per heavy atom. The summed E-state index contributed by atoms with van der Waals surface area (Å²) in [4.78, 5) is 14.0. The molecule has 0 saturated heterocycles. The second-order valence-electron chi connectivity index (χ2n) is 10.1. The van der Waals surface area contributed by atoms with Crippen LogP contribution in [0.25, 0.3) is 10.9 Å². The van der Waals surface area contributed by atoms with Crippen molar-refractivity contribution in [3.8, 4) is 5.75 Å². The zero-order valence-corrected chi connectivity index (χ0v) is 22.4. The number of aliphatic hydroxyl groups is 1. The van der Waals surface area contributed by atoms with Gasteiger partial charge in [0.05, 0.1) is 18.7 Å². The van der Waals surface area contributed by atoms with Gasteiger partial charge in [0.1, 0.15) is 18.0 Å². The van der Waals surface area contributed by atoms with Gasteiger partial charge in [0.25, 0.3) is 0 Å². The smallest absolute Gasteiger partial charge is 0.410 e. The highest BCUT2D eigenvalue weighted by Gasteiger charge is 2.28. The van der Waals surface area contributed by atoms with Gasteiger partial charge in [-0.1, -0.05) is 60.1 Å². The second kappa shape index (κ2) is 11.3. The summed E-state index contributed by atoms with van der Waals surface area (Å²) in [7, 11) is 1.63. The number of amides is 1. The predicted molar refractivity (Wildman–Crippen MR) is 147 cm³/mol. The minimum absolute atomic E-state index is 0.104. The zero-order valence-electron chi connectivity index (χ0n) is 21.6. The van der Waals surface area contributed by atoms with Crippen LogP contribution in [0.2, 0.25) is 5.02 Å². The van der Waals surface area contributed by atoms with E-state index in [0.29, 0.717) is 11.6 Å². The van der Waals surface area contributed by atoms with Gasteiger partial charge >= 0.3 is 6.09 Å². The van der Waals surface area contributed by atoms with Gasteiger partial charge in [-0.3, -0.25) is 0 Å². The summed E-state index contributed by atoms with van der Waals surface area (Å²) < 4.78 is 13.5. The van der Waals surface area contributed by atoms with E-state index in [1.54, 1.807) is 7.05 Å². The maximum absolute atomic E-state index is 12.5. The first kappa shape index (κ1) is 26.6. The van der Waals surface area contributed by atoms with Crippen LogP contribution in [0.15, 0.2) is 85.1 Å². The first-order chi connectivity index (χ1) is 17.6. The van der Waals surface area contributed by atoms with E-state index in [1.165, 1.54) is 4.90 Å². The molecule has 0 bridgehead atoms. The fourth-order valence-electron chi connectivity index (χ4n) is 4.26. The monoisotopic (exact) mass is 520 g/mol. The predicted octanol–water partition coefficient (Wildman–Crippen LogP) is 6.69. The van der Waals surface area contributed by atoms with Crippen molar-refractivity contribution in [2.45, 2.75) is 45.1 Å². The van der Waals surface area contributed by atoms with Gasteiger partial charge in [-0.2, -0.15) is 0 Å². The average Bonchev–Trinajstić information content (AvgIpc) is 3.26. The molecule has 1 heterocycles. The third kappa shape index (κ3) is 6.64. The highest BCUT2D eigenvalue weighted by molar-refractivity contribution is 6.31. The van der Waals surface area contributed by atoms with Crippen molar-refractivity contribution < 1.29 is 19.4 Å². The van der Waals surface area contributed by atoms with Gasteiger partial charge in [-0.15, -0.1) is 0 Å². The number of carbonyl (C=O) groups excluding carboxylic acids is 1. The van der Waals surface area contributed by atoms with Crippen LogP contribution in [-0.2, 0) is 11.3 Å². The molecule has 0 fully saturated rings. The van der Waals surface area contributed by atoms with E-state index in [-0.39, 0.29) is 6.54 Å². The van der Waals surface area contributed by atoms with Crippen LogP contribution in [0.3, 0.4) is 0 Å². The Bertz CT molecular complexity index is 1350. The highest BCUT2D eigenvalue weighted by Crippen LogP contribution is 2.31. The summed E-state index contributed by atoms with van der Waals surface area (Å²) in [6, 6.07) is 24.9. The summed E-state index contributed by atoms with van der Waals surface area (Å²) in [6.07, 6.45) is 0.597. The van der Waals surface area contributed by atoms with Crippen LogP contribution < -0.4 is 4.74 Å². The number of nitrogens with zero attached hydrogens (tertiary/aromatic N) is 2. The number of fused-ring (bicyclic) bond motifs is 1. The number of aromatic nitrogens is 1. The molecule has 2 atom stereocenters. The molecular weight excluding hydrogens is 488 g/mol. The van der Waals surface area contributed by atoms with Crippen molar-refractivity contribution in [1.29, 1.82) is 0 Å². The molecule has 0 aliphatic heterocycles. The number of benzene rings is 3. The lowest BCUT2D eigenvalue weighted by molar-refractivity contribution is 0.0168. The Balaban J connectivity index is 1.58. The number of halogens is 1. The Morgan fingerprint density at radius 1 is 1.03 bits per heavy atom. The third-order valence-electron chi connectivity index (χ3n) is 6.02. The zero-order chi connectivity index (χ0) is 26.6. The van der Waals surface area contributed by atoms with Crippen molar-refractivity contribution in [2.75, 3.05) is 13.6 Å². The quantitative estimate of drug-likeness (QED) is 0.281. The standard InChI is InChI=1S/C30H33ClN2O4/c1-30(2,3)37-29(35)32(4)19-27(34)28(21-10-6-5-7-11-21)33-17-16-22-18-24(14-15-26(22)33)36-20-23-12-8-9-13-25(23)31/h5-18,27-28,34H,19-20H2,1-4H3/t27-,28+/m1/s1. The largest absolute Gasteiger partial charge is 0.489 e. The lowest BCUT2D eigenvalue weighted by Gasteiger charge is -2.30. The normalized spacial score (nSPS) is 13.2. The van der Waals surface area contributed by atoms with Crippen LogP contribution in [-0.4, -0.2) is 46.0 Å². The Labute approximate surface area is 223 Å². The molecule has 4 rings (SSSR count). The number of ether oxygens (including phenoxy) is 2. The minimum Gasteiger partial charge on any atom is -0.489 e. The number of rotatable bonds is 8. The van der Waals surface area contributed by atoms with Crippen molar-refractivity contribution in [1.82, 2.24) is 9.47 Å². The number of likely N-dealkylation sites (N-methyl/N-ethyl adjacent to an activating group) is 1. The minimum atomic E-state index is -0.883. The Hall–Kier alpha value is -3.48. The van der Waals surface area contributed by atoms with Gasteiger partial charge in [-0.25, -0.2) is 4.79 Å². The first-order valence-electron chi connectivity index (χ1n) is 12.3. The molecule has 0 aliphatic rings. The van der Waals surface area contributed by atoms with E-state index in [4.69, 9.17) is 21.1 Å². The van der Waals surface area contributed by atoms with E-state index in [2.05, 4.69) is 0 Å². The van der Waals surface area contributed by atoms with E-state index in [0.717, 1.165) is 27.8 Å². The molecule has 0 saturated carbocycles. The SMILES string of the molecule is CN(C[C@@H](O)[C@H](c1ccccc1)n1ccc2cc(OCc3ccccc3Cl)ccc21)C(=O)OC(C)(C)C. The average molecular weight is 521 g/mol. The molecule has 1 N–H and O–H groups in total. The molecule has 37 heavy (non-hydrogen) atoms. The molecular formula is C30H33ClN2O4. The summed E-state index contributed by atoms with van der Waals surface area (Å²) in [5.41, 5.74) is 2.18. The number of hydrogen-bond acceptors (Lipinski definition) is 4. The van der Waals surface area contributed by atoms with Crippen LogP contribution in [0.1, 0.15) is 37.9 Å². The van der Waals surface area contributed by atoms with Crippen LogP contribution in [0.4, 0.5) is 4.79 Å². The highest BCUT2D eigenvalue weighted by atomic mass is 35.5. The molecule has 0 aliphatic carbocycles. The fraction of sp³-hybridized carbons (Fsp3) is 0.300. The number of hydrogen-bond donors (Lipinski definition) is 1. The summed E-state index contributed by atoms with van der Waals surface area (Å²) in [6.45, 7) is 5.93. The summed E-state index contributed by atoms with van der Waals surface area (Å²) >= 11 is 6.26. The lowest BCUT2D eigenvalue weighted by atomic mass is 10.0. The Kier molecular flexibility index (Phi) is 8.10. The van der Waals surface area contributed by atoms with Crippen molar-refractivity contribution in [2.24, 2.45) is 0 Å². The maximum atomic E-state index is 12.5. The first-order valence-corrected chi connectivity index (χ1v) is 12.6. The molecule has 1 aromatic heterocycles. The van der Waals surface area contributed by atoms with E-state index in [9.17, 15) is 9.90 Å². The topological polar surface area (TPSA) is 63.9 Å². The van der Waals surface area contributed by atoms with E-state index in [1.807, 2.05) is 110 Å². The number of carbonyl (C=O) groups is 1. The Morgan fingerprint density at radius 3 is 2.43 bits per heavy atom. The van der Waals surface area contributed by atoms with Gasteiger partial charge in [-0.05, 0) is 56.7 Å². The molecule has 4 aromatic rings. The molecule has 194 valence electrons. The summed E-state index contributed by atoms with van der Waals surface area (Å²) in [5, 5.41) is 13.0. The van der Waals surface area contributed by atoms with Gasteiger partial charge < -0.3 is 24.0 Å². The fourth-order valence-corrected chi connectivity index (χ4v) is 4.45. The van der Waals surface area contributed by atoms with Gasteiger partial charge in [0.15, 0.2) is 0 Å². The van der Waals surface area contributed by atoms with Crippen LogP contribution in [0.5, 0.6) is 5.75 Å². The van der Waals surface area contributed by atoms with Crippen LogP contribution >= 0.6 is 11.6 Å². The molecule has 3 aromatic carbocycles. The van der Waals surface area contributed by atoms with E-state index >= 15 is 0 Å². The van der Waals surface area contributed by atoms with Crippen molar-refractivity contribution in [3.63, 3.8) is 0 Å². The number of aliphatic hydroxyl groups excluding tert-OH is 1. The van der Waals surface area contributed by atoms with Crippen molar-refractivity contribution in [3.05, 3.63) is 101 Å². The maximum Gasteiger partial charge on any atom is 0.410 e. The second-order valence-corrected chi connectivity index (χ2v) is 10.5. The lowest BCUT2D eigenvalue weighted by Crippen LogP contribution is -2.41. The molecule has 0 unspecified atom stereocenters. The van der Waals surface area contributed by atoms with Crippen molar-refractivity contribution >= 4 is 28.6 Å².